The minimum atomic E-state index is -1.91. The number of anilines is 1. The molecule has 4 rings (SSSR count). The van der Waals surface area contributed by atoms with E-state index in [4.69, 9.17) is 0 Å². The summed E-state index contributed by atoms with van der Waals surface area (Å²) in [5.41, 5.74) is 1.64. The van der Waals surface area contributed by atoms with Gasteiger partial charge in [-0.05, 0) is 42.8 Å². The summed E-state index contributed by atoms with van der Waals surface area (Å²) >= 11 is 6.78. The number of halogens is 2. The van der Waals surface area contributed by atoms with Crippen LogP contribution < -0.4 is 4.90 Å². The lowest BCUT2D eigenvalue weighted by Crippen LogP contribution is -2.41. The van der Waals surface area contributed by atoms with Crippen molar-refractivity contribution < 1.29 is 14.7 Å². The van der Waals surface area contributed by atoms with Crippen LogP contribution in [0.4, 0.5) is 5.69 Å². The molecule has 1 unspecified atom stereocenters. The van der Waals surface area contributed by atoms with Gasteiger partial charge in [0.15, 0.2) is 11.4 Å². The molecule has 6 heteroatoms. The number of carbonyl (C=O) groups is 2. The Morgan fingerprint density at radius 1 is 1.00 bits per heavy atom. The van der Waals surface area contributed by atoms with E-state index in [2.05, 4.69) is 31.9 Å². The number of rotatable bonds is 5. The van der Waals surface area contributed by atoms with E-state index in [0.29, 0.717) is 23.4 Å². The van der Waals surface area contributed by atoms with Crippen LogP contribution in [-0.2, 0) is 16.9 Å². The number of benzene rings is 3. The number of nitrogens with zero attached hydrogens (tertiary/aromatic N) is 1. The highest BCUT2D eigenvalue weighted by molar-refractivity contribution is 9.10. The van der Waals surface area contributed by atoms with Gasteiger partial charge in [0.05, 0.1) is 18.7 Å². The SMILES string of the molecule is Cc1cccc(CN2C(=O)C(O)(CC(=O)c3cccc(Br)c3)c3cc(Br)ccc32)c1. The van der Waals surface area contributed by atoms with Crippen molar-refractivity contribution in [1.82, 2.24) is 0 Å². The molecule has 1 atom stereocenters. The van der Waals surface area contributed by atoms with Gasteiger partial charge in [-0.3, -0.25) is 9.59 Å². The van der Waals surface area contributed by atoms with Crippen LogP contribution >= 0.6 is 31.9 Å². The Bertz CT molecular complexity index is 1160. The van der Waals surface area contributed by atoms with Crippen LogP contribution in [0.25, 0.3) is 0 Å². The second-order valence-electron chi connectivity index (χ2n) is 7.51. The minimum Gasteiger partial charge on any atom is -0.375 e. The molecule has 1 aliphatic heterocycles. The summed E-state index contributed by atoms with van der Waals surface area (Å²) in [7, 11) is 0. The van der Waals surface area contributed by atoms with Crippen molar-refractivity contribution in [2.24, 2.45) is 0 Å². The van der Waals surface area contributed by atoms with Gasteiger partial charge < -0.3 is 10.0 Å². The van der Waals surface area contributed by atoms with Gasteiger partial charge in [0, 0.05) is 20.1 Å². The fraction of sp³-hybridized carbons (Fsp3) is 0.167. The maximum atomic E-state index is 13.4. The molecular weight excluding hydrogens is 510 g/mol. The Morgan fingerprint density at radius 2 is 1.73 bits per heavy atom. The highest BCUT2D eigenvalue weighted by Crippen LogP contribution is 2.44. The standard InChI is InChI=1S/C24H19Br2NO3/c1-15-4-2-5-16(10-15)14-27-21-9-8-19(26)12-20(21)24(30,23(27)29)13-22(28)17-6-3-7-18(25)11-17/h2-12,30H,13-14H2,1H3. The number of amides is 1. The summed E-state index contributed by atoms with van der Waals surface area (Å²) in [5.74, 6) is -0.782. The molecule has 0 saturated carbocycles. The number of fused-ring (bicyclic) bond motifs is 1. The molecule has 0 fully saturated rings. The van der Waals surface area contributed by atoms with Crippen LogP contribution in [0.3, 0.4) is 0 Å². The quantitative estimate of drug-likeness (QED) is 0.443. The smallest absolute Gasteiger partial charge is 0.264 e. The van der Waals surface area contributed by atoms with Crippen molar-refractivity contribution in [3.63, 3.8) is 0 Å². The van der Waals surface area contributed by atoms with E-state index in [9.17, 15) is 14.7 Å². The third-order valence-electron chi connectivity index (χ3n) is 5.28. The van der Waals surface area contributed by atoms with Crippen molar-refractivity contribution in [2.45, 2.75) is 25.5 Å². The molecule has 4 nitrogen and oxygen atoms in total. The van der Waals surface area contributed by atoms with Gasteiger partial charge >= 0.3 is 0 Å². The molecule has 1 amide bonds. The van der Waals surface area contributed by atoms with Crippen LogP contribution in [0.1, 0.15) is 33.5 Å². The summed E-state index contributed by atoms with van der Waals surface area (Å²) in [6.45, 7) is 2.32. The number of Topliss-reactive ketones (excluding diaryl/α,β-unsaturated/α-hetero) is 1. The Morgan fingerprint density at radius 3 is 2.47 bits per heavy atom. The van der Waals surface area contributed by atoms with Crippen LogP contribution in [0.5, 0.6) is 0 Å². The largest absolute Gasteiger partial charge is 0.375 e. The van der Waals surface area contributed by atoms with Crippen LogP contribution in [-0.4, -0.2) is 16.8 Å². The van der Waals surface area contributed by atoms with Crippen LogP contribution in [0.2, 0.25) is 0 Å². The van der Waals surface area contributed by atoms with Crippen molar-refractivity contribution in [3.8, 4) is 0 Å². The highest BCUT2D eigenvalue weighted by Gasteiger charge is 2.51. The third-order valence-corrected chi connectivity index (χ3v) is 6.27. The molecule has 1 N–H and O–H groups in total. The summed E-state index contributed by atoms with van der Waals surface area (Å²) in [4.78, 5) is 27.9. The van der Waals surface area contributed by atoms with Gasteiger partial charge in [0.25, 0.3) is 5.91 Å². The van der Waals surface area contributed by atoms with Crippen LogP contribution in [0, 0.1) is 6.92 Å². The van der Waals surface area contributed by atoms with E-state index >= 15 is 0 Å². The lowest BCUT2D eigenvalue weighted by molar-refractivity contribution is -0.136. The lowest BCUT2D eigenvalue weighted by Gasteiger charge is -2.23. The molecule has 0 aliphatic carbocycles. The average molecular weight is 529 g/mol. The summed E-state index contributed by atoms with van der Waals surface area (Å²) in [5, 5.41) is 11.5. The molecule has 3 aromatic carbocycles. The maximum Gasteiger partial charge on any atom is 0.264 e. The number of aryl methyl sites for hydroxylation is 1. The predicted molar refractivity (Wildman–Crippen MR) is 123 cm³/mol. The molecule has 0 saturated heterocycles. The lowest BCUT2D eigenvalue weighted by atomic mass is 9.88. The van der Waals surface area contributed by atoms with Gasteiger partial charge in [0.1, 0.15) is 0 Å². The molecule has 0 bridgehead atoms. The number of carbonyl (C=O) groups excluding carboxylic acids is 2. The van der Waals surface area contributed by atoms with E-state index in [-0.39, 0.29) is 12.2 Å². The topological polar surface area (TPSA) is 57.6 Å². The Kier molecular flexibility index (Phi) is 5.66. The van der Waals surface area contributed by atoms with Gasteiger partial charge in [-0.2, -0.15) is 0 Å². The second kappa shape index (κ2) is 8.10. The Hall–Kier alpha value is -2.28. The minimum absolute atomic E-state index is 0.296. The second-order valence-corrected chi connectivity index (χ2v) is 9.34. The highest BCUT2D eigenvalue weighted by atomic mass is 79.9. The fourth-order valence-electron chi connectivity index (χ4n) is 3.84. The number of hydrogen-bond acceptors (Lipinski definition) is 3. The van der Waals surface area contributed by atoms with Gasteiger partial charge in [-0.15, -0.1) is 0 Å². The maximum absolute atomic E-state index is 13.4. The van der Waals surface area contributed by atoms with E-state index in [1.54, 1.807) is 35.2 Å². The van der Waals surface area contributed by atoms with Crippen molar-refractivity contribution in [3.05, 3.63) is 97.9 Å². The number of ketones is 1. The normalized spacial score (nSPS) is 17.9. The van der Waals surface area contributed by atoms with Crippen LogP contribution in [0.15, 0.2) is 75.7 Å². The molecule has 1 heterocycles. The van der Waals surface area contributed by atoms with Gasteiger partial charge in [0.2, 0.25) is 0 Å². The monoisotopic (exact) mass is 527 g/mol. The molecule has 0 radical (unpaired) electrons. The van der Waals surface area contributed by atoms with Crippen molar-refractivity contribution >= 4 is 49.2 Å². The first-order chi connectivity index (χ1) is 14.3. The molecule has 3 aromatic rings. The zero-order valence-corrected chi connectivity index (χ0v) is 19.4. The Balaban J connectivity index is 1.72. The first-order valence-electron chi connectivity index (χ1n) is 9.46. The third kappa shape index (κ3) is 3.87. The summed E-state index contributed by atoms with van der Waals surface area (Å²) in [6, 6.07) is 20.2. The predicted octanol–water partition coefficient (Wildman–Crippen LogP) is 5.53. The summed E-state index contributed by atoms with van der Waals surface area (Å²) < 4.78 is 1.50. The van der Waals surface area contributed by atoms with Gasteiger partial charge in [-0.1, -0.05) is 73.8 Å². The van der Waals surface area contributed by atoms with E-state index < -0.39 is 11.5 Å². The van der Waals surface area contributed by atoms with Crippen molar-refractivity contribution in [2.75, 3.05) is 4.90 Å². The van der Waals surface area contributed by atoms with Gasteiger partial charge in [-0.25, -0.2) is 0 Å². The molecule has 0 spiro atoms. The number of hydrogen-bond donors (Lipinski definition) is 1. The fourth-order valence-corrected chi connectivity index (χ4v) is 4.60. The zero-order valence-electron chi connectivity index (χ0n) is 16.2. The molecule has 1 aliphatic rings. The first kappa shape index (κ1) is 21.0. The van der Waals surface area contributed by atoms with E-state index in [0.717, 1.165) is 20.1 Å². The first-order valence-corrected chi connectivity index (χ1v) is 11.1. The van der Waals surface area contributed by atoms with Crippen molar-refractivity contribution in [1.29, 1.82) is 0 Å². The number of aliphatic hydroxyl groups is 1. The molecule has 152 valence electrons. The van der Waals surface area contributed by atoms with E-state index in [1.165, 1.54) is 0 Å². The molecule has 0 aromatic heterocycles. The Labute approximate surface area is 191 Å². The summed E-state index contributed by atoms with van der Waals surface area (Å²) in [6.07, 6.45) is -0.323. The molecule has 30 heavy (non-hydrogen) atoms. The average Bonchev–Trinajstić information content (AvgIpc) is 2.89. The zero-order chi connectivity index (χ0) is 21.5. The molecular formula is C24H19Br2NO3. The van der Waals surface area contributed by atoms with E-state index in [1.807, 2.05) is 43.3 Å².